The molecule has 0 unspecified atom stereocenters. The van der Waals surface area contributed by atoms with E-state index in [1.165, 1.54) is 15.3 Å². The SMILES string of the molecule is S=c1c2ccccc2[se]n1-c1ccccc1. The summed E-state index contributed by atoms with van der Waals surface area (Å²) in [6.07, 6.45) is 0. The van der Waals surface area contributed by atoms with E-state index in [4.69, 9.17) is 12.2 Å². The van der Waals surface area contributed by atoms with Gasteiger partial charge in [-0.05, 0) is 0 Å². The van der Waals surface area contributed by atoms with Gasteiger partial charge in [-0.2, -0.15) is 0 Å². The third-order valence-electron chi connectivity index (χ3n) is 2.48. The van der Waals surface area contributed by atoms with E-state index in [0.29, 0.717) is 0 Å². The molecule has 2 aromatic carbocycles. The van der Waals surface area contributed by atoms with E-state index in [0.717, 1.165) is 4.64 Å². The Labute approximate surface area is 105 Å². The summed E-state index contributed by atoms with van der Waals surface area (Å²) < 4.78 is 4.58. The second-order valence-corrected chi connectivity index (χ2v) is 5.98. The van der Waals surface area contributed by atoms with E-state index in [9.17, 15) is 0 Å². The van der Waals surface area contributed by atoms with Crippen molar-refractivity contribution in [3.05, 3.63) is 59.2 Å². The van der Waals surface area contributed by atoms with Crippen LogP contribution in [0.15, 0.2) is 54.6 Å². The van der Waals surface area contributed by atoms with Crippen LogP contribution in [0.4, 0.5) is 0 Å². The fraction of sp³-hybridized carbons (Fsp3) is 0. The van der Waals surface area contributed by atoms with E-state index < -0.39 is 0 Å². The molecule has 0 amide bonds. The summed E-state index contributed by atoms with van der Waals surface area (Å²) in [6.45, 7) is 0. The van der Waals surface area contributed by atoms with Gasteiger partial charge in [0.2, 0.25) is 0 Å². The average Bonchev–Trinajstić information content (AvgIpc) is 2.69. The number of para-hydroxylation sites is 1. The molecular formula is C13H9NSSe. The molecular weight excluding hydrogens is 281 g/mol. The van der Waals surface area contributed by atoms with Gasteiger partial charge in [-0.15, -0.1) is 0 Å². The third-order valence-corrected chi connectivity index (χ3v) is 5.51. The molecule has 0 radical (unpaired) electrons. The third kappa shape index (κ3) is 1.57. The molecule has 0 atom stereocenters. The number of fused-ring (bicyclic) bond motifs is 1. The predicted octanol–water partition coefficient (Wildman–Crippen LogP) is 3.42. The van der Waals surface area contributed by atoms with Crippen LogP contribution in [-0.4, -0.2) is 18.3 Å². The van der Waals surface area contributed by atoms with Gasteiger partial charge in [0.05, 0.1) is 0 Å². The molecule has 0 aliphatic heterocycles. The molecule has 0 saturated carbocycles. The predicted molar refractivity (Wildman–Crippen MR) is 71.0 cm³/mol. The number of aromatic nitrogens is 1. The van der Waals surface area contributed by atoms with Crippen molar-refractivity contribution in [2.24, 2.45) is 0 Å². The Kier molecular flexibility index (Phi) is 2.52. The molecule has 0 saturated heterocycles. The second-order valence-electron chi connectivity index (χ2n) is 3.52. The monoisotopic (exact) mass is 291 g/mol. The first kappa shape index (κ1) is 10.0. The first-order chi connectivity index (χ1) is 7.86. The zero-order valence-electron chi connectivity index (χ0n) is 8.46. The summed E-state index contributed by atoms with van der Waals surface area (Å²) >= 11 is 5.81. The zero-order chi connectivity index (χ0) is 11.0. The molecule has 0 bridgehead atoms. The second kappa shape index (κ2) is 4.02. The van der Waals surface area contributed by atoms with E-state index in [-0.39, 0.29) is 14.7 Å². The van der Waals surface area contributed by atoms with E-state index in [1.54, 1.807) is 0 Å². The van der Waals surface area contributed by atoms with Crippen molar-refractivity contribution in [2.75, 3.05) is 0 Å². The van der Waals surface area contributed by atoms with Crippen molar-refractivity contribution in [1.82, 2.24) is 3.56 Å². The minimum atomic E-state index is 0.287. The van der Waals surface area contributed by atoms with Crippen molar-refractivity contribution >= 4 is 36.6 Å². The molecule has 1 heterocycles. The minimum absolute atomic E-state index is 0.287. The van der Waals surface area contributed by atoms with Crippen LogP contribution in [0.3, 0.4) is 0 Å². The van der Waals surface area contributed by atoms with Gasteiger partial charge < -0.3 is 0 Å². The topological polar surface area (TPSA) is 4.93 Å². The number of benzene rings is 2. The molecule has 78 valence electrons. The fourth-order valence-electron chi connectivity index (χ4n) is 1.71. The number of rotatable bonds is 1. The Hall–Kier alpha value is -1.15. The van der Waals surface area contributed by atoms with Gasteiger partial charge in [-0.3, -0.25) is 0 Å². The van der Waals surface area contributed by atoms with Gasteiger partial charge in [0, 0.05) is 0 Å². The van der Waals surface area contributed by atoms with Crippen LogP contribution in [0.5, 0.6) is 0 Å². The van der Waals surface area contributed by atoms with Crippen molar-refractivity contribution in [1.29, 1.82) is 0 Å². The summed E-state index contributed by atoms with van der Waals surface area (Å²) in [7, 11) is 0. The van der Waals surface area contributed by atoms with E-state index >= 15 is 0 Å². The molecule has 3 rings (SSSR count). The number of nitrogens with zero attached hydrogens (tertiary/aromatic N) is 1. The van der Waals surface area contributed by atoms with Crippen LogP contribution in [0.2, 0.25) is 0 Å². The van der Waals surface area contributed by atoms with Gasteiger partial charge in [0.25, 0.3) is 0 Å². The van der Waals surface area contributed by atoms with Gasteiger partial charge in [0.15, 0.2) is 0 Å². The van der Waals surface area contributed by atoms with Crippen LogP contribution in [0, 0.1) is 4.64 Å². The standard InChI is InChI=1S/C13H9NSSe/c15-13-11-8-4-5-9-12(11)16-14(13)10-6-2-1-3-7-10/h1-9H. The van der Waals surface area contributed by atoms with Crippen molar-refractivity contribution in [3.63, 3.8) is 0 Å². The Morgan fingerprint density at radius 2 is 1.56 bits per heavy atom. The molecule has 1 nitrogen and oxygen atoms in total. The fourth-order valence-corrected chi connectivity index (χ4v) is 4.44. The first-order valence-electron chi connectivity index (χ1n) is 5.03. The number of hydrogen-bond acceptors (Lipinski definition) is 1. The Morgan fingerprint density at radius 1 is 0.875 bits per heavy atom. The quantitative estimate of drug-likeness (QED) is 0.491. The van der Waals surface area contributed by atoms with Crippen molar-refractivity contribution in [2.45, 2.75) is 0 Å². The summed E-state index contributed by atoms with van der Waals surface area (Å²) in [5, 5.41) is 1.22. The Bertz CT molecular complexity index is 682. The molecule has 3 aromatic rings. The van der Waals surface area contributed by atoms with Crippen LogP contribution < -0.4 is 0 Å². The van der Waals surface area contributed by atoms with Gasteiger partial charge in [-0.1, -0.05) is 0 Å². The normalized spacial score (nSPS) is 10.8. The molecule has 1 aromatic heterocycles. The van der Waals surface area contributed by atoms with Crippen LogP contribution >= 0.6 is 12.2 Å². The molecule has 0 aliphatic rings. The average molecular weight is 290 g/mol. The Morgan fingerprint density at radius 3 is 2.31 bits per heavy atom. The van der Waals surface area contributed by atoms with Gasteiger partial charge in [-0.25, -0.2) is 0 Å². The number of hydrogen-bond donors (Lipinski definition) is 0. The maximum atomic E-state index is 5.52. The zero-order valence-corrected chi connectivity index (χ0v) is 11.0. The first-order valence-corrected chi connectivity index (χ1v) is 7.06. The summed E-state index contributed by atoms with van der Waals surface area (Å²) in [5.41, 5.74) is 1.20. The summed E-state index contributed by atoms with van der Waals surface area (Å²) in [4.78, 5) is 0. The van der Waals surface area contributed by atoms with Crippen molar-refractivity contribution in [3.8, 4) is 5.69 Å². The van der Waals surface area contributed by atoms with Crippen molar-refractivity contribution < 1.29 is 0 Å². The summed E-state index contributed by atoms with van der Waals surface area (Å²) in [5.74, 6) is 0. The van der Waals surface area contributed by atoms with Crippen LogP contribution in [0.1, 0.15) is 0 Å². The maximum absolute atomic E-state index is 5.52. The van der Waals surface area contributed by atoms with Gasteiger partial charge >= 0.3 is 105 Å². The molecule has 0 aliphatic carbocycles. The van der Waals surface area contributed by atoms with E-state index in [2.05, 4.69) is 52.1 Å². The molecule has 0 fully saturated rings. The summed E-state index contributed by atoms with van der Waals surface area (Å²) in [6, 6.07) is 18.8. The molecule has 0 N–H and O–H groups in total. The molecule has 16 heavy (non-hydrogen) atoms. The molecule has 3 heteroatoms. The Balaban J connectivity index is 2.34. The molecule has 0 spiro atoms. The van der Waals surface area contributed by atoms with Crippen LogP contribution in [-0.2, 0) is 0 Å². The van der Waals surface area contributed by atoms with E-state index in [1.807, 2.05) is 6.07 Å². The van der Waals surface area contributed by atoms with Crippen LogP contribution in [0.25, 0.3) is 15.3 Å². The van der Waals surface area contributed by atoms with Gasteiger partial charge in [0.1, 0.15) is 0 Å².